The van der Waals surface area contributed by atoms with Crippen LogP contribution < -0.4 is 0 Å². The monoisotopic (exact) mass is 337 g/mol. The van der Waals surface area contributed by atoms with E-state index in [1.165, 1.54) is 5.56 Å². The zero-order valence-electron chi connectivity index (χ0n) is 14.7. The predicted molar refractivity (Wildman–Crippen MR) is 97.6 cm³/mol. The lowest BCUT2D eigenvalue weighted by Gasteiger charge is -2.24. The van der Waals surface area contributed by atoms with Crippen LogP contribution in [-0.2, 0) is 6.42 Å². The maximum absolute atomic E-state index is 13.0. The highest BCUT2D eigenvalue weighted by molar-refractivity contribution is 5.94. The van der Waals surface area contributed by atoms with E-state index >= 15 is 0 Å². The van der Waals surface area contributed by atoms with Crippen LogP contribution in [0.25, 0.3) is 5.65 Å². The van der Waals surface area contributed by atoms with Crippen molar-refractivity contribution in [3.05, 3.63) is 66.1 Å². The predicted octanol–water partition coefficient (Wildman–Crippen LogP) is 1.98. The summed E-state index contributed by atoms with van der Waals surface area (Å²) in [6.45, 7) is 2.21. The van der Waals surface area contributed by atoms with Gasteiger partial charge in [0.2, 0.25) is 0 Å². The summed E-state index contributed by atoms with van der Waals surface area (Å²) < 4.78 is 1.77. The molecular formula is C19H23N5O. The van der Waals surface area contributed by atoms with Crippen LogP contribution in [0.5, 0.6) is 0 Å². The number of aromatic nitrogens is 3. The van der Waals surface area contributed by atoms with E-state index in [0.717, 1.165) is 18.6 Å². The Balaban J connectivity index is 1.75. The summed E-state index contributed by atoms with van der Waals surface area (Å²) in [6.07, 6.45) is 4.25. The van der Waals surface area contributed by atoms with Crippen molar-refractivity contribution in [1.29, 1.82) is 0 Å². The fourth-order valence-electron chi connectivity index (χ4n) is 2.68. The molecule has 0 radical (unpaired) electrons. The Labute approximate surface area is 147 Å². The van der Waals surface area contributed by atoms with Gasteiger partial charge in [-0.15, -0.1) is 10.2 Å². The van der Waals surface area contributed by atoms with Crippen LogP contribution in [0.1, 0.15) is 15.9 Å². The molecule has 2 aromatic heterocycles. The van der Waals surface area contributed by atoms with Crippen molar-refractivity contribution in [2.24, 2.45) is 0 Å². The molecule has 0 aliphatic carbocycles. The molecule has 0 saturated heterocycles. The Kier molecular flexibility index (Phi) is 5.40. The largest absolute Gasteiger partial charge is 0.337 e. The van der Waals surface area contributed by atoms with E-state index < -0.39 is 0 Å². The molecule has 6 heteroatoms. The van der Waals surface area contributed by atoms with Gasteiger partial charge >= 0.3 is 0 Å². The molecule has 0 fully saturated rings. The van der Waals surface area contributed by atoms with Crippen LogP contribution >= 0.6 is 0 Å². The number of carbonyl (C=O) groups excluding carboxylic acids is 1. The lowest BCUT2D eigenvalue weighted by Crippen LogP contribution is -2.38. The normalized spacial score (nSPS) is 11.2. The molecule has 0 saturated carbocycles. The topological polar surface area (TPSA) is 53.7 Å². The maximum atomic E-state index is 13.0. The molecule has 0 aliphatic heterocycles. The van der Waals surface area contributed by atoms with Crippen LogP contribution in [-0.4, -0.2) is 64.0 Å². The molecular weight excluding hydrogens is 314 g/mol. The Morgan fingerprint density at radius 3 is 2.60 bits per heavy atom. The third-order valence-electron chi connectivity index (χ3n) is 4.16. The Bertz CT molecular complexity index is 828. The summed E-state index contributed by atoms with van der Waals surface area (Å²) in [5.74, 6) is 0.0355. The first-order valence-electron chi connectivity index (χ1n) is 8.41. The number of nitrogens with zero attached hydrogens (tertiary/aromatic N) is 5. The Morgan fingerprint density at radius 2 is 1.84 bits per heavy atom. The third-order valence-corrected chi connectivity index (χ3v) is 4.16. The SMILES string of the molecule is CN(C)CCN(CCc1ccccc1)C(=O)c1ccc2nncn2c1. The second kappa shape index (κ2) is 7.90. The van der Waals surface area contributed by atoms with Gasteiger partial charge in [-0.2, -0.15) is 0 Å². The number of pyridine rings is 1. The third kappa shape index (κ3) is 4.42. The van der Waals surface area contributed by atoms with Crippen molar-refractivity contribution in [3.63, 3.8) is 0 Å². The van der Waals surface area contributed by atoms with Gasteiger partial charge in [-0.3, -0.25) is 9.20 Å². The van der Waals surface area contributed by atoms with E-state index in [9.17, 15) is 4.79 Å². The lowest BCUT2D eigenvalue weighted by molar-refractivity contribution is 0.0746. The number of likely N-dealkylation sites (N-methyl/N-ethyl adjacent to an activating group) is 1. The summed E-state index contributed by atoms with van der Waals surface area (Å²) in [6, 6.07) is 13.9. The average molecular weight is 337 g/mol. The molecule has 1 aromatic carbocycles. The first-order valence-corrected chi connectivity index (χ1v) is 8.41. The number of rotatable bonds is 7. The van der Waals surface area contributed by atoms with Gasteiger partial charge in [0.1, 0.15) is 6.33 Å². The van der Waals surface area contributed by atoms with Crippen LogP contribution in [0.4, 0.5) is 0 Å². The van der Waals surface area contributed by atoms with Crippen LogP contribution in [0.15, 0.2) is 55.0 Å². The van der Waals surface area contributed by atoms with E-state index in [1.807, 2.05) is 49.3 Å². The van der Waals surface area contributed by atoms with Crippen molar-refractivity contribution < 1.29 is 4.79 Å². The fourth-order valence-corrected chi connectivity index (χ4v) is 2.68. The summed E-state index contributed by atoms with van der Waals surface area (Å²) in [4.78, 5) is 17.0. The second-order valence-corrected chi connectivity index (χ2v) is 6.35. The summed E-state index contributed by atoms with van der Waals surface area (Å²) >= 11 is 0. The number of fused-ring (bicyclic) bond motifs is 1. The van der Waals surface area contributed by atoms with Gasteiger partial charge in [-0.05, 0) is 38.2 Å². The quantitative estimate of drug-likeness (QED) is 0.661. The number of amides is 1. The van der Waals surface area contributed by atoms with Gasteiger partial charge in [-0.25, -0.2) is 0 Å². The molecule has 0 spiro atoms. The van der Waals surface area contributed by atoms with Crippen molar-refractivity contribution in [3.8, 4) is 0 Å². The van der Waals surface area contributed by atoms with Crippen molar-refractivity contribution >= 4 is 11.6 Å². The minimum atomic E-state index is 0.0355. The fraction of sp³-hybridized carbons (Fsp3) is 0.316. The van der Waals surface area contributed by atoms with Gasteiger partial charge in [0.25, 0.3) is 5.91 Å². The van der Waals surface area contributed by atoms with Gasteiger partial charge in [0.15, 0.2) is 5.65 Å². The molecule has 0 bridgehead atoms. The molecule has 3 aromatic rings. The van der Waals surface area contributed by atoms with E-state index in [0.29, 0.717) is 18.7 Å². The summed E-state index contributed by atoms with van der Waals surface area (Å²) in [5, 5.41) is 7.84. The lowest BCUT2D eigenvalue weighted by atomic mass is 10.1. The van der Waals surface area contributed by atoms with E-state index in [2.05, 4.69) is 27.2 Å². The second-order valence-electron chi connectivity index (χ2n) is 6.35. The standard InChI is InChI=1S/C19H23N5O/c1-22(2)12-13-23(11-10-16-6-4-3-5-7-16)19(25)17-8-9-18-21-20-15-24(18)14-17/h3-9,14-15H,10-13H2,1-2H3. The molecule has 25 heavy (non-hydrogen) atoms. The molecule has 1 amide bonds. The number of carbonyl (C=O) groups is 1. The van der Waals surface area contributed by atoms with Crippen LogP contribution in [0.2, 0.25) is 0 Å². The highest BCUT2D eigenvalue weighted by Crippen LogP contribution is 2.09. The summed E-state index contributed by atoms with van der Waals surface area (Å²) in [5.41, 5.74) is 2.62. The van der Waals surface area contributed by atoms with Gasteiger partial charge in [0, 0.05) is 25.8 Å². The van der Waals surface area contributed by atoms with Crippen molar-refractivity contribution in [1.82, 2.24) is 24.4 Å². The molecule has 2 heterocycles. The van der Waals surface area contributed by atoms with Gasteiger partial charge in [0.05, 0.1) is 5.56 Å². The number of hydrogen-bond acceptors (Lipinski definition) is 4. The summed E-state index contributed by atoms with van der Waals surface area (Å²) in [7, 11) is 4.03. The van der Waals surface area contributed by atoms with Crippen LogP contribution in [0, 0.1) is 0 Å². The molecule has 0 unspecified atom stereocenters. The zero-order valence-corrected chi connectivity index (χ0v) is 14.7. The zero-order chi connectivity index (χ0) is 17.6. The number of benzene rings is 1. The first kappa shape index (κ1) is 17.1. The number of hydrogen-bond donors (Lipinski definition) is 0. The van der Waals surface area contributed by atoms with Crippen molar-refractivity contribution in [2.45, 2.75) is 6.42 Å². The van der Waals surface area contributed by atoms with Gasteiger partial charge in [-0.1, -0.05) is 30.3 Å². The van der Waals surface area contributed by atoms with E-state index in [4.69, 9.17) is 0 Å². The van der Waals surface area contributed by atoms with Crippen LogP contribution in [0.3, 0.4) is 0 Å². The molecule has 130 valence electrons. The first-order chi connectivity index (χ1) is 12.1. The van der Waals surface area contributed by atoms with Crippen molar-refractivity contribution in [2.75, 3.05) is 33.7 Å². The molecule has 0 atom stereocenters. The Hall–Kier alpha value is -2.73. The van der Waals surface area contributed by atoms with E-state index in [-0.39, 0.29) is 5.91 Å². The highest BCUT2D eigenvalue weighted by Gasteiger charge is 2.16. The highest BCUT2D eigenvalue weighted by atomic mass is 16.2. The Morgan fingerprint density at radius 1 is 1.04 bits per heavy atom. The molecule has 0 N–H and O–H groups in total. The minimum absolute atomic E-state index is 0.0355. The average Bonchev–Trinajstić information content (AvgIpc) is 3.09. The maximum Gasteiger partial charge on any atom is 0.255 e. The minimum Gasteiger partial charge on any atom is -0.337 e. The van der Waals surface area contributed by atoms with Gasteiger partial charge < -0.3 is 9.80 Å². The molecule has 0 aliphatic rings. The van der Waals surface area contributed by atoms with E-state index in [1.54, 1.807) is 16.9 Å². The molecule has 3 rings (SSSR count). The molecule has 6 nitrogen and oxygen atoms in total. The smallest absolute Gasteiger partial charge is 0.255 e.